The van der Waals surface area contributed by atoms with Crippen LogP contribution in [0, 0.1) is 6.92 Å². The Balaban J connectivity index is 1.55. The molecule has 0 aliphatic carbocycles. The van der Waals surface area contributed by atoms with Crippen LogP contribution < -0.4 is 5.32 Å². The van der Waals surface area contributed by atoms with E-state index in [4.69, 9.17) is 11.6 Å². The largest absolute Gasteiger partial charge is 0.348 e. The average Bonchev–Trinajstić information content (AvgIpc) is 3.06. The van der Waals surface area contributed by atoms with E-state index in [9.17, 15) is 4.79 Å². The Hall–Kier alpha value is -2.85. The summed E-state index contributed by atoms with van der Waals surface area (Å²) in [5.74, 6) is 0.804. The van der Waals surface area contributed by atoms with Gasteiger partial charge in [0, 0.05) is 35.7 Å². The number of carbonyl (C=O) groups excluding carboxylic acids is 1. The van der Waals surface area contributed by atoms with Crippen molar-refractivity contribution in [1.29, 1.82) is 0 Å². The lowest BCUT2D eigenvalue weighted by molar-refractivity contribution is -0.116. The molecule has 3 aromatic rings. The van der Waals surface area contributed by atoms with Gasteiger partial charge in [-0.2, -0.15) is 0 Å². The minimum Gasteiger partial charge on any atom is -0.348 e. The fraction of sp³-hybridized carbons (Fsp3) is 0.100. The van der Waals surface area contributed by atoms with Crippen molar-refractivity contribution in [3.05, 3.63) is 89.0 Å². The van der Waals surface area contributed by atoms with E-state index in [1.54, 1.807) is 24.4 Å². The van der Waals surface area contributed by atoms with Gasteiger partial charge in [-0.3, -0.25) is 4.79 Å². The van der Waals surface area contributed by atoms with Gasteiger partial charge in [-0.1, -0.05) is 35.9 Å². The van der Waals surface area contributed by atoms with Crippen molar-refractivity contribution in [2.45, 2.75) is 13.5 Å². The zero-order chi connectivity index (χ0) is 17.6. The molecule has 0 unspecified atom stereocenters. The summed E-state index contributed by atoms with van der Waals surface area (Å²) in [6.45, 7) is 2.44. The van der Waals surface area contributed by atoms with Crippen molar-refractivity contribution in [2.75, 3.05) is 0 Å². The van der Waals surface area contributed by atoms with Crippen LogP contribution >= 0.6 is 11.6 Å². The molecule has 126 valence electrons. The Labute approximate surface area is 151 Å². The van der Waals surface area contributed by atoms with Crippen LogP contribution in [-0.4, -0.2) is 15.5 Å². The van der Waals surface area contributed by atoms with Crippen LogP contribution in [0.3, 0.4) is 0 Å². The molecule has 1 N–H and O–H groups in total. The summed E-state index contributed by atoms with van der Waals surface area (Å²) < 4.78 is 2.01. The molecule has 5 heteroatoms. The first kappa shape index (κ1) is 17.0. The number of nitrogens with zero attached hydrogens (tertiary/aromatic N) is 2. The predicted molar refractivity (Wildman–Crippen MR) is 101 cm³/mol. The molecule has 0 spiro atoms. The Morgan fingerprint density at radius 2 is 1.88 bits per heavy atom. The Kier molecular flexibility index (Phi) is 5.31. The van der Waals surface area contributed by atoms with Gasteiger partial charge < -0.3 is 9.88 Å². The monoisotopic (exact) mass is 351 g/mol. The van der Waals surface area contributed by atoms with Crippen LogP contribution in [0.25, 0.3) is 11.8 Å². The molecule has 4 nitrogen and oxygen atoms in total. The third kappa shape index (κ3) is 4.58. The maximum absolute atomic E-state index is 11.9. The zero-order valence-corrected chi connectivity index (χ0v) is 14.6. The Morgan fingerprint density at radius 1 is 1.16 bits per heavy atom. The zero-order valence-electron chi connectivity index (χ0n) is 13.8. The van der Waals surface area contributed by atoms with E-state index in [-0.39, 0.29) is 5.91 Å². The topological polar surface area (TPSA) is 46.9 Å². The number of halogens is 1. The van der Waals surface area contributed by atoms with Crippen molar-refractivity contribution in [1.82, 2.24) is 14.9 Å². The lowest BCUT2D eigenvalue weighted by Crippen LogP contribution is -2.20. The molecule has 0 radical (unpaired) electrons. The van der Waals surface area contributed by atoms with E-state index in [1.165, 1.54) is 6.08 Å². The number of aromatic nitrogens is 2. The van der Waals surface area contributed by atoms with Gasteiger partial charge in [-0.05, 0) is 48.4 Å². The summed E-state index contributed by atoms with van der Waals surface area (Å²) >= 11 is 5.84. The number of amides is 1. The molecule has 2 aromatic carbocycles. The van der Waals surface area contributed by atoms with Crippen LogP contribution in [0.5, 0.6) is 0 Å². The van der Waals surface area contributed by atoms with Crippen LogP contribution in [0.2, 0.25) is 5.02 Å². The summed E-state index contributed by atoms with van der Waals surface area (Å²) in [4.78, 5) is 16.1. The lowest BCUT2D eigenvalue weighted by atomic mass is 10.2. The number of rotatable bonds is 5. The number of aryl methyl sites for hydroxylation is 1. The number of imidazole rings is 1. The summed E-state index contributed by atoms with van der Waals surface area (Å²) in [5, 5.41) is 3.55. The molecule has 0 aliphatic heterocycles. The number of hydrogen-bond donors (Lipinski definition) is 1. The normalized spacial score (nSPS) is 11.0. The second-order valence-electron chi connectivity index (χ2n) is 5.61. The number of benzene rings is 2. The second kappa shape index (κ2) is 7.81. The highest BCUT2D eigenvalue weighted by molar-refractivity contribution is 6.30. The standard InChI is InChI=1S/C20H18ClN3O/c1-15-22-12-13-24(15)19-9-4-17(5-10-19)14-23-20(25)11-6-16-2-7-18(21)8-3-16/h2-13H,14H2,1H3,(H,23,25)/b11-6+. The molecule has 0 saturated carbocycles. The van der Waals surface area contributed by atoms with Crippen LogP contribution in [0.4, 0.5) is 0 Å². The molecule has 0 aliphatic rings. The summed E-state index contributed by atoms with van der Waals surface area (Å²) in [6, 6.07) is 15.3. The van der Waals surface area contributed by atoms with Crippen LogP contribution in [0.1, 0.15) is 17.0 Å². The van der Waals surface area contributed by atoms with Gasteiger partial charge in [-0.25, -0.2) is 4.98 Å². The molecule has 0 bridgehead atoms. The fourth-order valence-corrected chi connectivity index (χ4v) is 2.55. The Morgan fingerprint density at radius 3 is 2.52 bits per heavy atom. The summed E-state index contributed by atoms with van der Waals surface area (Å²) in [5.41, 5.74) is 3.02. The molecule has 25 heavy (non-hydrogen) atoms. The quantitative estimate of drug-likeness (QED) is 0.701. The molecular formula is C20H18ClN3O. The minimum atomic E-state index is -0.135. The Bertz CT molecular complexity index is 880. The van der Waals surface area contributed by atoms with Crippen molar-refractivity contribution in [3.8, 4) is 5.69 Å². The van der Waals surface area contributed by atoms with E-state index in [0.29, 0.717) is 11.6 Å². The van der Waals surface area contributed by atoms with E-state index in [1.807, 2.05) is 54.1 Å². The van der Waals surface area contributed by atoms with Crippen molar-refractivity contribution < 1.29 is 4.79 Å². The molecule has 1 amide bonds. The van der Waals surface area contributed by atoms with E-state index in [2.05, 4.69) is 10.3 Å². The summed E-state index contributed by atoms with van der Waals surface area (Å²) in [6.07, 6.45) is 6.98. The molecule has 0 atom stereocenters. The van der Waals surface area contributed by atoms with Crippen molar-refractivity contribution >= 4 is 23.6 Å². The maximum Gasteiger partial charge on any atom is 0.244 e. The van der Waals surface area contributed by atoms with Gasteiger partial charge in [0.1, 0.15) is 5.82 Å². The second-order valence-corrected chi connectivity index (χ2v) is 6.05. The lowest BCUT2D eigenvalue weighted by Gasteiger charge is -2.07. The molecular weight excluding hydrogens is 334 g/mol. The first-order valence-electron chi connectivity index (χ1n) is 7.92. The van der Waals surface area contributed by atoms with E-state index < -0.39 is 0 Å². The average molecular weight is 352 g/mol. The third-order valence-electron chi connectivity index (χ3n) is 3.80. The van der Waals surface area contributed by atoms with Gasteiger partial charge in [0.05, 0.1) is 0 Å². The molecule has 3 rings (SSSR count). The molecule has 0 fully saturated rings. The van der Waals surface area contributed by atoms with E-state index in [0.717, 1.165) is 22.6 Å². The molecule has 0 saturated heterocycles. The SMILES string of the molecule is Cc1nccn1-c1ccc(CNC(=O)/C=C/c2ccc(Cl)cc2)cc1. The van der Waals surface area contributed by atoms with Crippen molar-refractivity contribution in [2.24, 2.45) is 0 Å². The fourth-order valence-electron chi connectivity index (χ4n) is 2.42. The van der Waals surface area contributed by atoms with Crippen LogP contribution in [-0.2, 0) is 11.3 Å². The van der Waals surface area contributed by atoms with Gasteiger partial charge in [0.15, 0.2) is 0 Å². The number of hydrogen-bond acceptors (Lipinski definition) is 2. The first-order chi connectivity index (χ1) is 12.1. The van der Waals surface area contributed by atoms with Gasteiger partial charge >= 0.3 is 0 Å². The number of nitrogens with one attached hydrogen (secondary N) is 1. The van der Waals surface area contributed by atoms with Gasteiger partial charge in [-0.15, -0.1) is 0 Å². The highest BCUT2D eigenvalue weighted by Crippen LogP contribution is 2.12. The number of carbonyl (C=O) groups is 1. The third-order valence-corrected chi connectivity index (χ3v) is 4.06. The predicted octanol–water partition coefficient (Wildman–Crippen LogP) is 4.16. The minimum absolute atomic E-state index is 0.135. The highest BCUT2D eigenvalue weighted by Gasteiger charge is 2.01. The summed E-state index contributed by atoms with van der Waals surface area (Å²) in [7, 11) is 0. The smallest absolute Gasteiger partial charge is 0.244 e. The van der Waals surface area contributed by atoms with E-state index >= 15 is 0 Å². The molecule has 1 aromatic heterocycles. The highest BCUT2D eigenvalue weighted by atomic mass is 35.5. The van der Waals surface area contributed by atoms with Gasteiger partial charge in [0.2, 0.25) is 5.91 Å². The van der Waals surface area contributed by atoms with Crippen molar-refractivity contribution in [3.63, 3.8) is 0 Å². The molecule has 1 heterocycles. The maximum atomic E-state index is 11.9. The first-order valence-corrected chi connectivity index (χ1v) is 8.30. The van der Waals surface area contributed by atoms with Crippen LogP contribution in [0.15, 0.2) is 67.0 Å². The van der Waals surface area contributed by atoms with Gasteiger partial charge in [0.25, 0.3) is 0 Å².